The minimum absolute atomic E-state index is 0.0354. The molecule has 0 saturated carbocycles. The second kappa shape index (κ2) is 6.06. The van der Waals surface area contributed by atoms with Crippen LogP contribution >= 0.6 is 15.9 Å². The van der Waals surface area contributed by atoms with E-state index in [9.17, 15) is 18.3 Å². The molecule has 21 heavy (non-hydrogen) atoms. The molecule has 1 saturated heterocycles. The number of carboxylic acids is 1. The lowest BCUT2D eigenvalue weighted by molar-refractivity contribution is -0.151. The van der Waals surface area contributed by atoms with Gasteiger partial charge in [0, 0.05) is 17.6 Å². The standard InChI is InChI=1S/C14H18BrNO4S/c1-2-14(13(17)18)7-4-8-16(10-14)21(19,20)12-6-3-5-11(15)9-12/h3,5-6,9H,2,4,7-8,10H2,1H3,(H,17,18). The van der Waals surface area contributed by atoms with Crippen LogP contribution in [0.4, 0.5) is 0 Å². The Balaban J connectivity index is 2.35. The Bertz CT molecular complexity index is 646. The Morgan fingerprint density at radius 3 is 2.76 bits per heavy atom. The van der Waals surface area contributed by atoms with E-state index in [1.165, 1.54) is 10.4 Å². The number of sulfonamides is 1. The normalized spacial score (nSPS) is 23.9. The fourth-order valence-electron chi connectivity index (χ4n) is 2.69. The minimum Gasteiger partial charge on any atom is -0.481 e. The number of benzene rings is 1. The molecule has 5 nitrogen and oxygen atoms in total. The van der Waals surface area contributed by atoms with E-state index in [4.69, 9.17) is 0 Å². The van der Waals surface area contributed by atoms with E-state index in [0.717, 1.165) is 0 Å². The lowest BCUT2D eigenvalue weighted by Crippen LogP contribution is -2.49. The fourth-order valence-corrected chi connectivity index (χ4v) is 4.85. The molecule has 1 aliphatic rings. The molecular formula is C14H18BrNO4S. The van der Waals surface area contributed by atoms with Crippen molar-refractivity contribution in [2.24, 2.45) is 5.41 Å². The molecule has 1 aliphatic heterocycles. The highest BCUT2D eigenvalue weighted by atomic mass is 79.9. The monoisotopic (exact) mass is 375 g/mol. The zero-order chi connectivity index (χ0) is 15.7. The van der Waals surface area contributed by atoms with Crippen LogP contribution in [0.1, 0.15) is 26.2 Å². The molecule has 2 rings (SSSR count). The molecule has 1 aromatic carbocycles. The first-order chi connectivity index (χ1) is 9.82. The van der Waals surface area contributed by atoms with Crippen LogP contribution in [0.2, 0.25) is 0 Å². The second-order valence-electron chi connectivity index (χ2n) is 5.34. The maximum absolute atomic E-state index is 12.7. The zero-order valence-corrected chi connectivity index (χ0v) is 14.2. The first-order valence-corrected chi connectivity index (χ1v) is 9.04. The number of hydrogen-bond donors (Lipinski definition) is 1. The molecule has 116 valence electrons. The third kappa shape index (κ3) is 3.14. The van der Waals surface area contributed by atoms with Crippen molar-refractivity contribution >= 4 is 31.9 Å². The van der Waals surface area contributed by atoms with Crippen LogP contribution in [0.25, 0.3) is 0 Å². The number of aliphatic carboxylic acids is 1. The Labute approximate surface area is 133 Å². The van der Waals surface area contributed by atoms with Gasteiger partial charge >= 0.3 is 5.97 Å². The van der Waals surface area contributed by atoms with Gasteiger partial charge in [-0.25, -0.2) is 8.42 Å². The summed E-state index contributed by atoms with van der Waals surface area (Å²) in [5.41, 5.74) is -0.975. The van der Waals surface area contributed by atoms with Gasteiger partial charge in [-0.1, -0.05) is 28.9 Å². The Morgan fingerprint density at radius 2 is 2.19 bits per heavy atom. The average molecular weight is 376 g/mol. The van der Waals surface area contributed by atoms with Crippen molar-refractivity contribution in [1.82, 2.24) is 4.31 Å². The van der Waals surface area contributed by atoms with Gasteiger partial charge in [-0.2, -0.15) is 4.31 Å². The summed E-state index contributed by atoms with van der Waals surface area (Å²) in [7, 11) is -3.66. The highest BCUT2D eigenvalue weighted by molar-refractivity contribution is 9.10. The van der Waals surface area contributed by atoms with Crippen LogP contribution in [0.5, 0.6) is 0 Å². The molecule has 7 heteroatoms. The number of carboxylic acid groups (broad SMARTS) is 1. The van der Waals surface area contributed by atoms with E-state index in [2.05, 4.69) is 15.9 Å². The SMILES string of the molecule is CCC1(C(=O)O)CCCN(S(=O)(=O)c2cccc(Br)c2)C1. The Morgan fingerprint density at radius 1 is 1.48 bits per heavy atom. The molecule has 1 fully saturated rings. The number of nitrogens with zero attached hydrogens (tertiary/aromatic N) is 1. The van der Waals surface area contributed by atoms with E-state index < -0.39 is 21.4 Å². The third-order valence-corrected chi connectivity index (χ3v) is 6.44. The topological polar surface area (TPSA) is 74.7 Å². The van der Waals surface area contributed by atoms with Crippen LogP contribution in [0.3, 0.4) is 0 Å². The predicted octanol–water partition coefficient (Wildman–Crippen LogP) is 2.71. The van der Waals surface area contributed by atoms with Crippen molar-refractivity contribution < 1.29 is 18.3 Å². The van der Waals surface area contributed by atoms with Crippen molar-refractivity contribution in [2.75, 3.05) is 13.1 Å². The molecule has 0 spiro atoms. The fraction of sp³-hybridized carbons (Fsp3) is 0.500. The summed E-state index contributed by atoms with van der Waals surface area (Å²) >= 11 is 3.26. The van der Waals surface area contributed by atoms with Crippen LogP contribution in [-0.2, 0) is 14.8 Å². The predicted molar refractivity (Wildman–Crippen MR) is 82.5 cm³/mol. The van der Waals surface area contributed by atoms with Crippen LogP contribution in [0, 0.1) is 5.41 Å². The second-order valence-corrected chi connectivity index (χ2v) is 8.19. The number of halogens is 1. The maximum atomic E-state index is 12.7. The smallest absolute Gasteiger partial charge is 0.310 e. The molecular weight excluding hydrogens is 358 g/mol. The van der Waals surface area contributed by atoms with Gasteiger partial charge in [-0.15, -0.1) is 0 Å². The van der Waals surface area contributed by atoms with Gasteiger partial charge in [0.25, 0.3) is 0 Å². The lowest BCUT2D eigenvalue weighted by atomic mass is 9.78. The molecule has 0 aliphatic carbocycles. The van der Waals surface area contributed by atoms with E-state index in [0.29, 0.717) is 30.3 Å². The van der Waals surface area contributed by atoms with Crippen molar-refractivity contribution in [2.45, 2.75) is 31.1 Å². The molecule has 0 bridgehead atoms. The summed E-state index contributed by atoms with van der Waals surface area (Å²) in [5, 5.41) is 9.46. The van der Waals surface area contributed by atoms with Gasteiger partial charge < -0.3 is 5.11 Å². The van der Waals surface area contributed by atoms with E-state index >= 15 is 0 Å². The van der Waals surface area contributed by atoms with Crippen molar-refractivity contribution in [1.29, 1.82) is 0 Å². The summed E-state index contributed by atoms with van der Waals surface area (Å²) in [6.45, 7) is 2.20. The van der Waals surface area contributed by atoms with Gasteiger partial charge in [0.15, 0.2) is 0 Å². The van der Waals surface area contributed by atoms with Crippen molar-refractivity contribution in [3.63, 3.8) is 0 Å². The molecule has 0 amide bonds. The highest BCUT2D eigenvalue weighted by Gasteiger charge is 2.44. The van der Waals surface area contributed by atoms with Crippen LogP contribution in [-0.4, -0.2) is 36.9 Å². The van der Waals surface area contributed by atoms with Gasteiger partial charge in [0.05, 0.1) is 10.3 Å². The van der Waals surface area contributed by atoms with E-state index in [1.807, 2.05) is 0 Å². The number of hydrogen-bond acceptors (Lipinski definition) is 3. The maximum Gasteiger partial charge on any atom is 0.310 e. The molecule has 1 unspecified atom stereocenters. The largest absolute Gasteiger partial charge is 0.481 e. The summed E-state index contributed by atoms with van der Waals surface area (Å²) in [4.78, 5) is 11.7. The molecule has 1 heterocycles. The minimum atomic E-state index is -3.66. The van der Waals surface area contributed by atoms with E-state index in [-0.39, 0.29) is 11.4 Å². The number of carbonyl (C=O) groups is 1. The van der Waals surface area contributed by atoms with E-state index in [1.54, 1.807) is 25.1 Å². The first kappa shape index (κ1) is 16.5. The molecule has 0 radical (unpaired) electrons. The Kier molecular flexibility index (Phi) is 4.75. The highest BCUT2D eigenvalue weighted by Crippen LogP contribution is 2.36. The van der Waals surface area contributed by atoms with Crippen molar-refractivity contribution in [3.8, 4) is 0 Å². The lowest BCUT2D eigenvalue weighted by Gasteiger charge is -2.38. The van der Waals surface area contributed by atoms with Gasteiger partial charge in [-0.3, -0.25) is 4.79 Å². The summed E-state index contributed by atoms with van der Waals surface area (Å²) in [6, 6.07) is 6.48. The Hall–Kier alpha value is -0.920. The van der Waals surface area contributed by atoms with Gasteiger partial charge in [0.2, 0.25) is 10.0 Å². The molecule has 1 atom stereocenters. The summed E-state index contributed by atoms with van der Waals surface area (Å²) in [5.74, 6) is -0.917. The first-order valence-electron chi connectivity index (χ1n) is 6.81. The van der Waals surface area contributed by atoms with Gasteiger partial charge in [0.1, 0.15) is 0 Å². The number of rotatable bonds is 4. The van der Waals surface area contributed by atoms with Gasteiger partial charge in [-0.05, 0) is 37.5 Å². The quantitative estimate of drug-likeness (QED) is 0.877. The van der Waals surface area contributed by atoms with Crippen LogP contribution in [0.15, 0.2) is 33.6 Å². The summed E-state index contributed by atoms with van der Waals surface area (Å²) in [6.07, 6.45) is 1.50. The number of piperidine rings is 1. The van der Waals surface area contributed by atoms with Crippen LogP contribution < -0.4 is 0 Å². The van der Waals surface area contributed by atoms with Crippen molar-refractivity contribution in [3.05, 3.63) is 28.7 Å². The zero-order valence-electron chi connectivity index (χ0n) is 11.8. The molecule has 0 aromatic heterocycles. The summed E-state index contributed by atoms with van der Waals surface area (Å²) < 4.78 is 27.3. The third-order valence-electron chi connectivity index (χ3n) is 4.11. The molecule has 1 aromatic rings. The average Bonchev–Trinajstić information content (AvgIpc) is 2.47. The molecule has 1 N–H and O–H groups in total.